The van der Waals surface area contributed by atoms with E-state index in [0.717, 1.165) is 10.6 Å². The number of thioether (sulfide) groups is 1. The standard InChI is InChI=1S/C14H11IO2S/c15-12-6-4-10(5-7-12)9-18-13-3-1-2-11(8-13)14(16)17/h1-8H,9H2,(H,16,17). The maximum absolute atomic E-state index is 10.9. The molecule has 0 unspecified atom stereocenters. The summed E-state index contributed by atoms with van der Waals surface area (Å²) in [6.45, 7) is 0. The summed E-state index contributed by atoms with van der Waals surface area (Å²) in [5.41, 5.74) is 1.57. The van der Waals surface area contributed by atoms with Crippen molar-refractivity contribution in [3.8, 4) is 0 Å². The minimum atomic E-state index is -0.883. The summed E-state index contributed by atoms with van der Waals surface area (Å²) in [5.74, 6) is -0.0355. The predicted octanol–water partition coefficient (Wildman–Crippen LogP) is 4.28. The zero-order valence-electron chi connectivity index (χ0n) is 9.47. The highest BCUT2D eigenvalue weighted by molar-refractivity contribution is 14.1. The first-order chi connectivity index (χ1) is 8.65. The second-order valence-electron chi connectivity index (χ2n) is 3.75. The van der Waals surface area contributed by atoms with Gasteiger partial charge in [0.15, 0.2) is 0 Å². The van der Waals surface area contributed by atoms with Gasteiger partial charge >= 0.3 is 5.97 Å². The van der Waals surface area contributed by atoms with Crippen LogP contribution in [-0.2, 0) is 5.75 Å². The Morgan fingerprint density at radius 2 is 1.89 bits per heavy atom. The van der Waals surface area contributed by atoms with Gasteiger partial charge in [-0.05, 0) is 58.5 Å². The Morgan fingerprint density at radius 3 is 2.56 bits per heavy atom. The molecule has 0 aliphatic carbocycles. The number of hydrogen-bond donors (Lipinski definition) is 1. The van der Waals surface area contributed by atoms with Crippen molar-refractivity contribution < 1.29 is 9.90 Å². The smallest absolute Gasteiger partial charge is 0.335 e. The largest absolute Gasteiger partial charge is 0.478 e. The van der Waals surface area contributed by atoms with E-state index >= 15 is 0 Å². The van der Waals surface area contributed by atoms with Crippen molar-refractivity contribution >= 4 is 40.3 Å². The molecule has 0 heterocycles. The van der Waals surface area contributed by atoms with Gasteiger partial charge in [0.25, 0.3) is 0 Å². The van der Waals surface area contributed by atoms with Crippen LogP contribution in [0.3, 0.4) is 0 Å². The van der Waals surface area contributed by atoms with E-state index in [1.807, 2.05) is 6.07 Å². The number of hydrogen-bond acceptors (Lipinski definition) is 2. The van der Waals surface area contributed by atoms with Crippen LogP contribution in [0.4, 0.5) is 0 Å². The van der Waals surface area contributed by atoms with Gasteiger partial charge in [0, 0.05) is 14.2 Å². The van der Waals surface area contributed by atoms with E-state index in [1.54, 1.807) is 30.0 Å². The van der Waals surface area contributed by atoms with Crippen molar-refractivity contribution in [3.63, 3.8) is 0 Å². The van der Waals surface area contributed by atoms with E-state index < -0.39 is 5.97 Å². The fraction of sp³-hybridized carbons (Fsp3) is 0.0714. The fourth-order valence-corrected chi connectivity index (χ4v) is 2.74. The number of halogens is 1. The van der Waals surface area contributed by atoms with E-state index in [9.17, 15) is 4.79 Å². The molecule has 0 radical (unpaired) electrons. The summed E-state index contributed by atoms with van der Waals surface area (Å²) in [4.78, 5) is 11.8. The zero-order valence-corrected chi connectivity index (χ0v) is 12.4. The van der Waals surface area contributed by atoms with E-state index in [4.69, 9.17) is 5.11 Å². The summed E-state index contributed by atoms with van der Waals surface area (Å²) in [6.07, 6.45) is 0. The lowest BCUT2D eigenvalue weighted by Crippen LogP contribution is -1.95. The molecule has 1 N–H and O–H groups in total. The van der Waals surface area contributed by atoms with Crippen LogP contribution in [0, 0.1) is 3.57 Å². The molecule has 0 fully saturated rings. The minimum absolute atomic E-state index is 0.336. The normalized spacial score (nSPS) is 10.3. The fourth-order valence-electron chi connectivity index (χ4n) is 1.47. The van der Waals surface area contributed by atoms with Gasteiger partial charge < -0.3 is 5.11 Å². The summed E-state index contributed by atoms with van der Waals surface area (Å²) >= 11 is 3.92. The van der Waals surface area contributed by atoms with Crippen LogP contribution in [-0.4, -0.2) is 11.1 Å². The molecule has 0 saturated heterocycles. The topological polar surface area (TPSA) is 37.3 Å². The highest BCUT2D eigenvalue weighted by atomic mass is 127. The Kier molecular flexibility index (Phi) is 4.66. The van der Waals surface area contributed by atoms with Crippen LogP contribution in [0.5, 0.6) is 0 Å². The summed E-state index contributed by atoms with van der Waals surface area (Å²) in [6, 6.07) is 15.4. The molecule has 2 aromatic carbocycles. The molecule has 2 rings (SSSR count). The SMILES string of the molecule is O=C(O)c1cccc(SCc2ccc(I)cc2)c1. The minimum Gasteiger partial charge on any atom is -0.478 e. The number of carbonyl (C=O) groups is 1. The third kappa shape index (κ3) is 3.74. The molecule has 4 heteroatoms. The molecule has 2 aromatic rings. The van der Waals surface area contributed by atoms with E-state index in [-0.39, 0.29) is 0 Å². The Morgan fingerprint density at radius 1 is 1.17 bits per heavy atom. The van der Waals surface area contributed by atoms with Gasteiger partial charge in [-0.3, -0.25) is 0 Å². The van der Waals surface area contributed by atoms with Gasteiger partial charge in [-0.25, -0.2) is 4.79 Å². The third-order valence-corrected chi connectivity index (χ3v) is 4.18. The van der Waals surface area contributed by atoms with Crippen molar-refractivity contribution in [3.05, 3.63) is 63.2 Å². The third-order valence-electron chi connectivity index (χ3n) is 2.40. The Balaban J connectivity index is 2.04. The predicted molar refractivity (Wildman–Crippen MR) is 82.1 cm³/mol. The van der Waals surface area contributed by atoms with Gasteiger partial charge in [-0.1, -0.05) is 18.2 Å². The molecule has 0 atom stereocenters. The monoisotopic (exact) mass is 370 g/mol. The number of benzene rings is 2. The maximum Gasteiger partial charge on any atom is 0.335 e. The second-order valence-corrected chi connectivity index (χ2v) is 6.04. The zero-order chi connectivity index (χ0) is 13.0. The summed E-state index contributed by atoms with van der Waals surface area (Å²) in [5, 5.41) is 8.91. The van der Waals surface area contributed by atoms with E-state index in [0.29, 0.717) is 5.56 Å². The Bertz CT molecular complexity index is 552. The first-order valence-corrected chi connectivity index (χ1v) is 7.42. The van der Waals surface area contributed by atoms with E-state index in [2.05, 4.69) is 46.9 Å². The van der Waals surface area contributed by atoms with Gasteiger partial charge in [0.2, 0.25) is 0 Å². The highest BCUT2D eigenvalue weighted by Gasteiger charge is 2.03. The van der Waals surface area contributed by atoms with Crippen molar-refractivity contribution in [2.75, 3.05) is 0 Å². The number of carboxylic acid groups (broad SMARTS) is 1. The molecule has 0 bridgehead atoms. The van der Waals surface area contributed by atoms with Gasteiger partial charge in [-0.2, -0.15) is 0 Å². The first kappa shape index (κ1) is 13.4. The van der Waals surface area contributed by atoms with Crippen molar-refractivity contribution in [1.29, 1.82) is 0 Å². The molecule has 0 amide bonds. The molecule has 92 valence electrons. The van der Waals surface area contributed by atoms with Crippen LogP contribution in [0.25, 0.3) is 0 Å². The molecular weight excluding hydrogens is 359 g/mol. The average molecular weight is 370 g/mol. The highest BCUT2D eigenvalue weighted by Crippen LogP contribution is 2.24. The molecule has 0 saturated carbocycles. The lowest BCUT2D eigenvalue weighted by molar-refractivity contribution is 0.0696. The summed E-state index contributed by atoms with van der Waals surface area (Å²) in [7, 11) is 0. The van der Waals surface area contributed by atoms with Gasteiger partial charge in [-0.15, -0.1) is 11.8 Å². The number of carboxylic acids is 1. The first-order valence-electron chi connectivity index (χ1n) is 5.36. The maximum atomic E-state index is 10.9. The van der Waals surface area contributed by atoms with Crippen LogP contribution in [0.1, 0.15) is 15.9 Å². The average Bonchev–Trinajstić information content (AvgIpc) is 2.38. The second kappa shape index (κ2) is 6.24. The van der Waals surface area contributed by atoms with Crippen LogP contribution < -0.4 is 0 Å². The molecular formula is C14H11IO2S. The number of aromatic carboxylic acids is 1. The molecule has 0 aromatic heterocycles. The Labute approximate surface area is 124 Å². The van der Waals surface area contributed by atoms with E-state index in [1.165, 1.54) is 9.13 Å². The van der Waals surface area contributed by atoms with Crippen molar-refractivity contribution in [1.82, 2.24) is 0 Å². The Hall–Kier alpha value is -1.01. The number of rotatable bonds is 4. The van der Waals surface area contributed by atoms with Crippen LogP contribution in [0.2, 0.25) is 0 Å². The molecule has 0 aliphatic heterocycles. The molecule has 0 spiro atoms. The van der Waals surface area contributed by atoms with Gasteiger partial charge in [0.1, 0.15) is 0 Å². The van der Waals surface area contributed by atoms with Crippen molar-refractivity contribution in [2.45, 2.75) is 10.6 Å². The molecule has 18 heavy (non-hydrogen) atoms. The quantitative estimate of drug-likeness (QED) is 0.645. The van der Waals surface area contributed by atoms with Gasteiger partial charge in [0.05, 0.1) is 5.56 Å². The lowest BCUT2D eigenvalue weighted by atomic mass is 10.2. The van der Waals surface area contributed by atoms with Crippen molar-refractivity contribution in [2.24, 2.45) is 0 Å². The van der Waals surface area contributed by atoms with Crippen LogP contribution >= 0.6 is 34.4 Å². The molecule has 0 aliphatic rings. The lowest BCUT2D eigenvalue weighted by Gasteiger charge is -2.03. The molecule has 2 nitrogen and oxygen atoms in total. The van der Waals surface area contributed by atoms with Crippen LogP contribution in [0.15, 0.2) is 53.4 Å². The summed E-state index contributed by atoms with van der Waals surface area (Å²) < 4.78 is 1.22.